The maximum absolute atomic E-state index is 12.9. The van der Waals surface area contributed by atoms with E-state index in [0.717, 1.165) is 6.26 Å². The zero-order valence-electron chi connectivity index (χ0n) is 10.1. The minimum Gasteiger partial charge on any atom is -0.508 e. The summed E-state index contributed by atoms with van der Waals surface area (Å²) in [7, 11) is -3.14. The predicted octanol–water partition coefficient (Wildman–Crippen LogP) is 0.560. The van der Waals surface area contributed by atoms with Gasteiger partial charge in [-0.3, -0.25) is 0 Å². The molecule has 0 amide bonds. The first-order valence-electron chi connectivity index (χ1n) is 5.51. The van der Waals surface area contributed by atoms with E-state index in [4.69, 9.17) is 0 Å². The lowest BCUT2D eigenvalue weighted by Gasteiger charge is -2.07. The number of sulfonamides is 1. The molecule has 1 rings (SSSR count). The van der Waals surface area contributed by atoms with Crippen molar-refractivity contribution in [3.63, 3.8) is 0 Å². The van der Waals surface area contributed by atoms with Gasteiger partial charge in [0.2, 0.25) is 10.0 Å². The van der Waals surface area contributed by atoms with Crippen LogP contribution in [-0.4, -0.2) is 32.9 Å². The molecule has 0 radical (unpaired) electrons. The van der Waals surface area contributed by atoms with Crippen LogP contribution in [0.1, 0.15) is 12.0 Å². The van der Waals surface area contributed by atoms with E-state index >= 15 is 0 Å². The Balaban J connectivity index is 2.24. The molecular weight excluding hydrogens is 259 g/mol. The summed E-state index contributed by atoms with van der Waals surface area (Å²) in [6, 6.07) is 3.75. The fourth-order valence-electron chi connectivity index (χ4n) is 1.39. The molecule has 0 spiro atoms. The van der Waals surface area contributed by atoms with Gasteiger partial charge in [0.25, 0.3) is 0 Å². The van der Waals surface area contributed by atoms with Gasteiger partial charge in [-0.05, 0) is 31.2 Å². The number of phenolic OH excluding ortho intramolecular Hbond substituents is 1. The average Bonchev–Trinajstić information content (AvgIpc) is 2.26. The zero-order chi connectivity index (χ0) is 13.6. The van der Waals surface area contributed by atoms with Crippen molar-refractivity contribution in [3.8, 4) is 5.75 Å². The Morgan fingerprint density at radius 3 is 2.72 bits per heavy atom. The van der Waals surface area contributed by atoms with Crippen molar-refractivity contribution in [3.05, 3.63) is 29.6 Å². The molecule has 0 atom stereocenters. The highest BCUT2D eigenvalue weighted by atomic mass is 32.2. The van der Waals surface area contributed by atoms with Crippen molar-refractivity contribution < 1.29 is 17.9 Å². The summed E-state index contributed by atoms with van der Waals surface area (Å²) in [4.78, 5) is 0. The first-order chi connectivity index (χ1) is 8.38. The van der Waals surface area contributed by atoms with E-state index in [0.29, 0.717) is 31.6 Å². The standard InChI is InChI=1S/C11H17FN2O3S/c1-18(16,17)14-6-2-5-13-8-9-7-10(12)3-4-11(9)15/h3-4,7,13-15H,2,5-6,8H2,1H3. The number of nitrogens with one attached hydrogen (secondary N) is 2. The fourth-order valence-corrected chi connectivity index (χ4v) is 1.90. The molecule has 0 aromatic heterocycles. The first kappa shape index (κ1) is 14.9. The Hall–Kier alpha value is -1.18. The molecule has 1 aromatic carbocycles. The number of aromatic hydroxyl groups is 1. The summed E-state index contributed by atoms with van der Waals surface area (Å²) in [6.45, 7) is 1.25. The van der Waals surface area contributed by atoms with Crippen molar-refractivity contribution in [2.75, 3.05) is 19.3 Å². The number of hydrogen-bond acceptors (Lipinski definition) is 4. The van der Waals surface area contributed by atoms with Gasteiger partial charge in [-0.25, -0.2) is 17.5 Å². The van der Waals surface area contributed by atoms with Crippen LogP contribution in [0.5, 0.6) is 5.75 Å². The Morgan fingerprint density at radius 1 is 1.33 bits per heavy atom. The van der Waals surface area contributed by atoms with Gasteiger partial charge in [0.1, 0.15) is 11.6 Å². The number of hydrogen-bond donors (Lipinski definition) is 3. The van der Waals surface area contributed by atoms with Gasteiger partial charge < -0.3 is 10.4 Å². The summed E-state index contributed by atoms with van der Waals surface area (Å²) in [5, 5.41) is 12.4. The molecule has 1 aromatic rings. The molecule has 7 heteroatoms. The second kappa shape index (κ2) is 6.67. The van der Waals surface area contributed by atoms with E-state index in [1.54, 1.807) is 0 Å². The number of phenols is 1. The Bertz CT molecular complexity index is 491. The minimum absolute atomic E-state index is 0.0400. The van der Waals surface area contributed by atoms with E-state index in [1.807, 2.05) is 0 Å². The third-order valence-electron chi connectivity index (χ3n) is 2.25. The van der Waals surface area contributed by atoms with E-state index in [2.05, 4.69) is 10.0 Å². The molecule has 0 saturated heterocycles. The van der Waals surface area contributed by atoms with Crippen LogP contribution in [0.25, 0.3) is 0 Å². The maximum Gasteiger partial charge on any atom is 0.208 e. The highest BCUT2D eigenvalue weighted by Crippen LogP contribution is 2.17. The normalized spacial score (nSPS) is 11.7. The van der Waals surface area contributed by atoms with Crippen LogP contribution in [0, 0.1) is 5.82 Å². The molecule has 0 unspecified atom stereocenters. The number of benzene rings is 1. The van der Waals surface area contributed by atoms with Gasteiger partial charge in [-0.15, -0.1) is 0 Å². The lowest BCUT2D eigenvalue weighted by Crippen LogP contribution is -2.26. The smallest absolute Gasteiger partial charge is 0.208 e. The molecular formula is C11H17FN2O3S. The first-order valence-corrected chi connectivity index (χ1v) is 7.40. The lowest BCUT2D eigenvalue weighted by molar-refractivity contribution is 0.461. The van der Waals surface area contributed by atoms with Gasteiger partial charge in [0.15, 0.2) is 0 Å². The quantitative estimate of drug-likeness (QED) is 0.636. The predicted molar refractivity (Wildman–Crippen MR) is 67.2 cm³/mol. The molecule has 0 saturated carbocycles. The minimum atomic E-state index is -3.14. The van der Waals surface area contributed by atoms with Crippen molar-refractivity contribution >= 4 is 10.0 Å². The SMILES string of the molecule is CS(=O)(=O)NCCCNCc1cc(F)ccc1O. The number of halogens is 1. The molecule has 0 bridgehead atoms. The Labute approximate surface area is 106 Å². The second-order valence-corrected chi connectivity index (χ2v) is 5.80. The zero-order valence-corrected chi connectivity index (χ0v) is 10.9. The summed E-state index contributed by atoms with van der Waals surface area (Å²) in [5.41, 5.74) is 0.478. The molecule has 0 aliphatic carbocycles. The molecule has 0 aliphatic heterocycles. The molecule has 102 valence electrons. The van der Waals surface area contributed by atoms with Crippen molar-refractivity contribution in [1.82, 2.24) is 10.0 Å². The average molecular weight is 276 g/mol. The van der Waals surface area contributed by atoms with Crippen LogP contribution in [0.15, 0.2) is 18.2 Å². The second-order valence-electron chi connectivity index (χ2n) is 3.97. The van der Waals surface area contributed by atoms with Crippen LogP contribution in [0.3, 0.4) is 0 Å². The summed E-state index contributed by atoms with van der Waals surface area (Å²) in [5.74, 6) is -0.360. The van der Waals surface area contributed by atoms with Gasteiger partial charge in [-0.1, -0.05) is 0 Å². The van der Waals surface area contributed by atoms with Gasteiger partial charge in [0.05, 0.1) is 6.26 Å². The Morgan fingerprint density at radius 2 is 2.06 bits per heavy atom. The van der Waals surface area contributed by atoms with Gasteiger partial charge in [0, 0.05) is 18.7 Å². The highest BCUT2D eigenvalue weighted by Gasteiger charge is 2.02. The van der Waals surface area contributed by atoms with Crippen LogP contribution >= 0.6 is 0 Å². The third kappa shape index (κ3) is 5.95. The van der Waals surface area contributed by atoms with Crippen LogP contribution < -0.4 is 10.0 Å². The topological polar surface area (TPSA) is 78.4 Å². The number of rotatable bonds is 7. The monoisotopic (exact) mass is 276 g/mol. The largest absolute Gasteiger partial charge is 0.508 e. The van der Waals surface area contributed by atoms with Crippen LogP contribution in [0.4, 0.5) is 4.39 Å². The molecule has 18 heavy (non-hydrogen) atoms. The summed E-state index contributed by atoms with van der Waals surface area (Å²) >= 11 is 0. The van der Waals surface area contributed by atoms with Crippen molar-refractivity contribution in [2.24, 2.45) is 0 Å². The fraction of sp³-hybridized carbons (Fsp3) is 0.455. The van der Waals surface area contributed by atoms with Crippen molar-refractivity contribution in [1.29, 1.82) is 0 Å². The van der Waals surface area contributed by atoms with E-state index in [1.165, 1.54) is 18.2 Å². The van der Waals surface area contributed by atoms with Crippen molar-refractivity contribution in [2.45, 2.75) is 13.0 Å². The van der Waals surface area contributed by atoms with Gasteiger partial charge in [-0.2, -0.15) is 0 Å². The van der Waals surface area contributed by atoms with Gasteiger partial charge >= 0.3 is 0 Å². The van der Waals surface area contributed by atoms with E-state index in [-0.39, 0.29) is 5.75 Å². The molecule has 3 N–H and O–H groups in total. The molecule has 5 nitrogen and oxygen atoms in total. The Kier molecular flexibility index (Phi) is 5.52. The molecule has 0 heterocycles. The van der Waals surface area contributed by atoms with Crippen LogP contribution in [0.2, 0.25) is 0 Å². The maximum atomic E-state index is 12.9. The molecule has 0 fully saturated rings. The molecule has 0 aliphatic rings. The summed E-state index contributed by atoms with van der Waals surface area (Å²) < 4.78 is 36.8. The highest BCUT2D eigenvalue weighted by molar-refractivity contribution is 7.88. The van der Waals surface area contributed by atoms with E-state index < -0.39 is 15.8 Å². The third-order valence-corrected chi connectivity index (χ3v) is 2.98. The lowest BCUT2D eigenvalue weighted by atomic mass is 10.2. The summed E-state index contributed by atoms with van der Waals surface area (Å²) in [6.07, 6.45) is 1.72. The van der Waals surface area contributed by atoms with Crippen LogP contribution in [-0.2, 0) is 16.6 Å². The van der Waals surface area contributed by atoms with E-state index in [9.17, 15) is 17.9 Å².